The van der Waals surface area contributed by atoms with Gasteiger partial charge in [0.05, 0.1) is 0 Å². The van der Waals surface area contributed by atoms with Crippen molar-refractivity contribution < 1.29 is 8.78 Å². The molecule has 1 atom stereocenters. The van der Waals surface area contributed by atoms with E-state index in [1.54, 1.807) is 0 Å². The molecule has 0 heterocycles. The van der Waals surface area contributed by atoms with Crippen LogP contribution in [0.3, 0.4) is 0 Å². The minimum Gasteiger partial charge on any atom is -0.212 e. The van der Waals surface area contributed by atoms with Crippen molar-refractivity contribution in [1.82, 2.24) is 0 Å². The predicted molar refractivity (Wildman–Crippen MR) is 117 cm³/mol. The van der Waals surface area contributed by atoms with Crippen LogP contribution in [0.4, 0.5) is 8.78 Å². The maximum atomic E-state index is 14.1. The molecular formula is C25H38F2. The largest absolute Gasteiger partial charge is 0.212 e. The highest BCUT2D eigenvalue weighted by Crippen LogP contribution is 2.26. The standard InChI is InChI=1S/C25H38F2/c1-7-11-13-14-22(10-4)16-17-23(15-12-8-2)24(21(6)26)18-19-25(27)20(5)9-3/h10,16-20H,4,6-9,11-15H2,1-3,5H3/b22-16+,23-17+,24-18+,25-19+. The summed E-state index contributed by atoms with van der Waals surface area (Å²) in [7, 11) is 0. The normalized spacial score (nSPS) is 15.0. The first-order valence-electron chi connectivity index (χ1n) is 10.4. The summed E-state index contributed by atoms with van der Waals surface area (Å²) in [4.78, 5) is 0. The van der Waals surface area contributed by atoms with Gasteiger partial charge in [-0.15, -0.1) is 0 Å². The number of halogens is 2. The van der Waals surface area contributed by atoms with Crippen molar-refractivity contribution in [3.05, 3.63) is 71.9 Å². The maximum absolute atomic E-state index is 14.1. The van der Waals surface area contributed by atoms with Gasteiger partial charge < -0.3 is 0 Å². The van der Waals surface area contributed by atoms with Crippen LogP contribution in [0.15, 0.2) is 71.9 Å². The Bertz CT molecular complexity index is 573. The lowest BCUT2D eigenvalue weighted by atomic mass is 9.96. The van der Waals surface area contributed by atoms with Gasteiger partial charge in [0.15, 0.2) is 0 Å². The molecule has 0 amide bonds. The van der Waals surface area contributed by atoms with Crippen molar-refractivity contribution in [2.45, 2.75) is 79.1 Å². The Kier molecular flexibility index (Phi) is 14.4. The van der Waals surface area contributed by atoms with E-state index in [-0.39, 0.29) is 11.7 Å². The first kappa shape index (κ1) is 25.3. The zero-order chi connectivity index (χ0) is 20.7. The molecular weight excluding hydrogens is 338 g/mol. The molecule has 1 unspecified atom stereocenters. The second-order valence-corrected chi connectivity index (χ2v) is 7.04. The van der Waals surface area contributed by atoms with Crippen LogP contribution in [0.5, 0.6) is 0 Å². The predicted octanol–water partition coefficient (Wildman–Crippen LogP) is 9.10. The van der Waals surface area contributed by atoms with Gasteiger partial charge in [0.25, 0.3) is 0 Å². The van der Waals surface area contributed by atoms with Gasteiger partial charge in [-0.3, -0.25) is 0 Å². The van der Waals surface area contributed by atoms with E-state index in [9.17, 15) is 8.78 Å². The smallest absolute Gasteiger partial charge is 0.123 e. The number of unbranched alkanes of at least 4 members (excludes halogenated alkanes) is 3. The Balaban J connectivity index is 5.74. The van der Waals surface area contributed by atoms with Crippen LogP contribution in [-0.2, 0) is 0 Å². The molecule has 0 spiro atoms. The summed E-state index contributed by atoms with van der Waals surface area (Å²) in [5, 5.41) is 0. The van der Waals surface area contributed by atoms with Crippen LogP contribution < -0.4 is 0 Å². The Labute approximate surface area is 166 Å². The van der Waals surface area contributed by atoms with Gasteiger partial charge in [0, 0.05) is 11.5 Å². The highest BCUT2D eigenvalue weighted by molar-refractivity contribution is 5.46. The van der Waals surface area contributed by atoms with Crippen molar-refractivity contribution in [2.24, 2.45) is 5.92 Å². The number of rotatable bonds is 14. The van der Waals surface area contributed by atoms with Crippen LogP contribution in [0.1, 0.15) is 79.1 Å². The summed E-state index contributed by atoms with van der Waals surface area (Å²) < 4.78 is 28.2. The first-order valence-corrected chi connectivity index (χ1v) is 10.4. The van der Waals surface area contributed by atoms with Gasteiger partial charge in [-0.25, -0.2) is 8.78 Å². The first-order chi connectivity index (χ1) is 12.9. The van der Waals surface area contributed by atoms with E-state index in [4.69, 9.17) is 0 Å². The summed E-state index contributed by atoms with van der Waals surface area (Å²) in [6.45, 7) is 15.4. The molecule has 0 aliphatic heterocycles. The lowest BCUT2D eigenvalue weighted by Gasteiger charge is -2.10. The minimum absolute atomic E-state index is 0.163. The van der Waals surface area contributed by atoms with E-state index in [0.717, 1.165) is 43.3 Å². The lowest BCUT2D eigenvalue weighted by molar-refractivity contribution is 0.482. The molecule has 0 aromatic heterocycles. The molecule has 0 bridgehead atoms. The van der Waals surface area contributed by atoms with Gasteiger partial charge in [0.2, 0.25) is 0 Å². The summed E-state index contributed by atoms with van der Waals surface area (Å²) in [6, 6.07) is 0. The fourth-order valence-electron chi connectivity index (χ4n) is 2.61. The van der Waals surface area contributed by atoms with Gasteiger partial charge in [-0.05, 0) is 55.4 Å². The number of hydrogen-bond acceptors (Lipinski definition) is 0. The molecule has 0 radical (unpaired) electrons. The Morgan fingerprint density at radius 1 is 0.889 bits per heavy atom. The minimum atomic E-state index is -0.523. The zero-order valence-corrected chi connectivity index (χ0v) is 17.8. The molecule has 0 saturated heterocycles. The van der Waals surface area contributed by atoms with Crippen molar-refractivity contribution >= 4 is 0 Å². The molecule has 0 nitrogen and oxygen atoms in total. The van der Waals surface area contributed by atoms with E-state index in [0.29, 0.717) is 12.0 Å². The Morgan fingerprint density at radius 3 is 2.07 bits per heavy atom. The SMILES string of the molecule is C=C\C(=C/C=C(CCCC)/C(=C/C=C(/F)C(C)CC)C(=C)F)CCCCC. The topological polar surface area (TPSA) is 0 Å². The highest BCUT2D eigenvalue weighted by atomic mass is 19.1. The van der Waals surface area contributed by atoms with Gasteiger partial charge in [-0.2, -0.15) is 0 Å². The van der Waals surface area contributed by atoms with Gasteiger partial charge in [0.1, 0.15) is 11.7 Å². The third-order valence-electron chi connectivity index (χ3n) is 4.76. The van der Waals surface area contributed by atoms with Crippen molar-refractivity contribution in [2.75, 3.05) is 0 Å². The second-order valence-electron chi connectivity index (χ2n) is 7.04. The Hall–Kier alpha value is -1.70. The van der Waals surface area contributed by atoms with Crippen LogP contribution in [0.25, 0.3) is 0 Å². The van der Waals surface area contributed by atoms with E-state index < -0.39 is 5.83 Å². The maximum Gasteiger partial charge on any atom is 0.123 e. The summed E-state index contributed by atoms with van der Waals surface area (Å²) in [6.07, 6.45) is 16.6. The van der Waals surface area contributed by atoms with Crippen molar-refractivity contribution in [3.63, 3.8) is 0 Å². The highest BCUT2D eigenvalue weighted by Gasteiger charge is 2.10. The molecule has 2 heteroatoms. The molecule has 0 rings (SSSR count). The second kappa shape index (κ2) is 15.4. The molecule has 152 valence electrons. The van der Waals surface area contributed by atoms with E-state index in [1.165, 1.54) is 25.0 Å². The third kappa shape index (κ3) is 10.9. The zero-order valence-electron chi connectivity index (χ0n) is 17.8. The molecule has 0 aliphatic carbocycles. The molecule has 0 N–H and O–H groups in total. The van der Waals surface area contributed by atoms with Crippen molar-refractivity contribution in [3.8, 4) is 0 Å². The molecule has 0 aliphatic rings. The lowest BCUT2D eigenvalue weighted by Crippen LogP contribution is -1.94. The van der Waals surface area contributed by atoms with Gasteiger partial charge in [-0.1, -0.05) is 78.3 Å². The Morgan fingerprint density at radius 2 is 1.56 bits per heavy atom. The summed E-state index contributed by atoms with van der Waals surface area (Å²) in [5.41, 5.74) is 2.38. The van der Waals surface area contributed by atoms with E-state index >= 15 is 0 Å². The fraction of sp³-hybridized carbons (Fsp3) is 0.520. The number of allylic oxidation sites excluding steroid dienone is 10. The summed E-state index contributed by atoms with van der Waals surface area (Å²) in [5.74, 6) is -0.914. The molecule has 0 aromatic rings. The molecule has 0 aromatic carbocycles. The van der Waals surface area contributed by atoms with E-state index in [2.05, 4.69) is 27.0 Å². The summed E-state index contributed by atoms with van der Waals surface area (Å²) >= 11 is 0. The number of hydrogen-bond donors (Lipinski definition) is 0. The monoisotopic (exact) mass is 376 g/mol. The van der Waals surface area contributed by atoms with Crippen LogP contribution >= 0.6 is 0 Å². The van der Waals surface area contributed by atoms with Crippen molar-refractivity contribution in [1.29, 1.82) is 0 Å². The molecule has 27 heavy (non-hydrogen) atoms. The third-order valence-corrected chi connectivity index (χ3v) is 4.76. The van der Waals surface area contributed by atoms with E-state index in [1.807, 2.05) is 32.1 Å². The fourth-order valence-corrected chi connectivity index (χ4v) is 2.61. The van der Waals surface area contributed by atoms with Crippen LogP contribution in [-0.4, -0.2) is 0 Å². The van der Waals surface area contributed by atoms with Crippen LogP contribution in [0.2, 0.25) is 0 Å². The quantitative estimate of drug-likeness (QED) is 0.209. The average Bonchev–Trinajstić information content (AvgIpc) is 2.66. The molecule has 0 saturated carbocycles. The molecule has 0 fully saturated rings. The average molecular weight is 377 g/mol. The van der Waals surface area contributed by atoms with Gasteiger partial charge >= 0.3 is 0 Å². The van der Waals surface area contributed by atoms with Crippen LogP contribution in [0, 0.1) is 5.92 Å².